The largest absolute Gasteiger partial charge is 0.493 e. The zero-order valence-corrected chi connectivity index (χ0v) is 22.7. The SMILES string of the molecule is CCOC(=O)C1(C(=O)N2CCN(c3ccc(OC)c(OC4CCCC4)c3)C[C@@H]2Cc2ccccc2)CCC1. The molecule has 2 saturated carbocycles. The molecule has 0 bridgehead atoms. The zero-order valence-electron chi connectivity index (χ0n) is 22.7. The predicted molar refractivity (Wildman–Crippen MR) is 147 cm³/mol. The minimum Gasteiger partial charge on any atom is -0.493 e. The Morgan fingerprint density at radius 3 is 2.39 bits per heavy atom. The standard InChI is InChI=1S/C31H40N2O5/c1-3-37-30(35)31(16-9-17-31)29(34)33-19-18-32(22-25(33)20-23-10-5-4-6-11-23)24-14-15-27(36-2)28(21-24)38-26-12-7-8-13-26/h4-6,10-11,14-15,21,25-26H,3,7-9,12-13,16-20,22H2,1-2H3/t25-/m0/s1. The summed E-state index contributed by atoms with van der Waals surface area (Å²) in [6, 6.07) is 16.4. The van der Waals surface area contributed by atoms with Gasteiger partial charge in [-0.05, 0) is 69.6 Å². The maximum atomic E-state index is 14.0. The number of esters is 1. The van der Waals surface area contributed by atoms with Gasteiger partial charge in [0.15, 0.2) is 11.5 Å². The molecule has 1 heterocycles. The molecular weight excluding hydrogens is 480 g/mol. The zero-order chi connectivity index (χ0) is 26.5. The fraction of sp³-hybridized carbons (Fsp3) is 0.548. The van der Waals surface area contributed by atoms with Crippen LogP contribution in [0.5, 0.6) is 11.5 Å². The second kappa shape index (κ2) is 11.7. The monoisotopic (exact) mass is 520 g/mol. The van der Waals surface area contributed by atoms with Crippen LogP contribution in [0, 0.1) is 5.41 Å². The smallest absolute Gasteiger partial charge is 0.321 e. The quantitative estimate of drug-likeness (QED) is 0.342. The van der Waals surface area contributed by atoms with Crippen molar-refractivity contribution in [2.24, 2.45) is 5.41 Å². The van der Waals surface area contributed by atoms with Gasteiger partial charge in [-0.2, -0.15) is 0 Å². The van der Waals surface area contributed by atoms with E-state index in [0.29, 0.717) is 32.5 Å². The van der Waals surface area contributed by atoms with E-state index >= 15 is 0 Å². The predicted octanol–water partition coefficient (Wildman–Crippen LogP) is 5.01. The second-order valence-corrected chi connectivity index (χ2v) is 10.8. The van der Waals surface area contributed by atoms with Crippen LogP contribution in [0.3, 0.4) is 0 Å². The molecule has 204 valence electrons. The van der Waals surface area contributed by atoms with Crippen LogP contribution >= 0.6 is 0 Å². The summed E-state index contributed by atoms with van der Waals surface area (Å²) in [5.74, 6) is 1.10. The Bertz CT molecular complexity index is 1110. The average molecular weight is 521 g/mol. The molecule has 7 heteroatoms. The molecule has 0 unspecified atom stereocenters. The third kappa shape index (κ3) is 5.33. The van der Waals surface area contributed by atoms with E-state index in [1.165, 1.54) is 18.4 Å². The van der Waals surface area contributed by atoms with Gasteiger partial charge in [0.2, 0.25) is 5.91 Å². The number of hydrogen-bond acceptors (Lipinski definition) is 6. The Morgan fingerprint density at radius 1 is 0.974 bits per heavy atom. The highest BCUT2D eigenvalue weighted by Crippen LogP contribution is 2.45. The summed E-state index contributed by atoms with van der Waals surface area (Å²) in [5, 5.41) is 0. The molecule has 0 spiro atoms. The van der Waals surface area contributed by atoms with E-state index in [2.05, 4.69) is 29.2 Å². The van der Waals surface area contributed by atoms with Crippen LogP contribution in [-0.2, 0) is 20.7 Å². The minimum atomic E-state index is -1.02. The van der Waals surface area contributed by atoms with Crippen molar-refractivity contribution in [3.8, 4) is 11.5 Å². The topological polar surface area (TPSA) is 68.3 Å². The highest BCUT2D eigenvalue weighted by Gasteiger charge is 2.55. The molecule has 3 aliphatic rings. The maximum absolute atomic E-state index is 14.0. The summed E-state index contributed by atoms with van der Waals surface area (Å²) in [6.45, 7) is 4.01. The van der Waals surface area contributed by atoms with Crippen molar-refractivity contribution in [3.05, 3.63) is 54.1 Å². The lowest BCUT2D eigenvalue weighted by atomic mass is 9.67. The Labute approximate surface area is 226 Å². The van der Waals surface area contributed by atoms with Gasteiger partial charge in [-0.3, -0.25) is 9.59 Å². The van der Waals surface area contributed by atoms with Crippen molar-refractivity contribution in [1.29, 1.82) is 0 Å². The number of rotatable bonds is 9. The van der Waals surface area contributed by atoms with Crippen LogP contribution in [0.15, 0.2) is 48.5 Å². The first-order valence-electron chi connectivity index (χ1n) is 14.2. The van der Waals surface area contributed by atoms with E-state index < -0.39 is 5.41 Å². The first kappa shape index (κ1) is 26.4. The summed E-state index contributed by atoms with van der Waals surface area (Å²) in [7, 11) is 1.68. The first-order valence-corrected chi connectivity index (χ1v) is 14.2. The summed E-state index contributed by atoms with van der Waals surface area (Å²) < 4.78 is 17.3. The van der Waals surface area contributed by atoms with E-state index in [0.717, 1.165) is 42.9 Å². The van der Waals surface area contributed by atoms with Crippen molar-refractivity contribution in [3.63, 3.8) is 0 Å². The second-order valence-electron chi connectivity index (χ2n) is 10.8. The van der Waals surface area contributed by atoms with Crippen LogP contribution in [0.4, 0.5) is 5.69 Å². The van der Waals surface area contributed by atoms with Gasteiger partial charge in [0.25, 0.3) is 0 Å². The summed E-state index contributed by atoms with van der Waals surface area (Å²) in [6.07, 6.45) is 7.56. The third-order valence-electron chi connectivity index (χ3n) is 8.45. The Morgan fingerprint density at radius 2 is 1.74 bits per heavy atom. The van der Waals surface area contributed by atoms with Crippen LogP contribution < -0.4 is 14.4 Å². The van der Waals surface area contributed by atoms with E-state index in [-0.39, 0.29) is 30.6 Å². The van der Waals surface area contributed by atoms with Crippen molar-refractivity contribution < 1.29 is 23.8 Å². The average Bonchev–Trinajstić information content (AvgIpc) is 3.42. The lowest BCUT2D eigenvalue weighted by Crippen LogP contribution is -2.62. The maximum Gasteiger partial charge on any atom is 0.321 e. The Kier molecular flexibility index (Phi) is 8.10. The highest BCUT2D eigenvalue weighted by molar-refractivity contribution is 6.03. The molecule has 38 heavy (non-hydrogen) atoms. The van der Waals surface area contributed by atoms with Crippen molar-refractivity contribution in [1.82, 2.24) is 4.90 Å². The number of piperazine rings is 1. The van der Waals surface area contributed by atoms with Gasteiger partial charge in [-0.25, -0.2) is 0 Å². The van der Waals surface area contributed by atoms with E-state index in [1.54, 1.807) is 14.0 Å². The van der Waals surface area contributed by atoms with Crippen molar-refractivity contribution >= 4 is 17.6 Å². The Hall–Kier alpha value is -3.22. The highest BCUT2D eigenvalue weighted by atomic mass is 16.5. The number of hydrogen-bond donors (Lipinski definition) is 0. The number of benzene rings is 2. The lowest BCUT2D eigenvalue weighted by Gasteiger charge is -2.48. The molecule has 2 aliphatic carbocycles. The summed E-state index contributed by atoms with van der Waals surface area (Å²) >= 11 is 0. The number of carbonyl (C=O) groups excluding carboxylic acids is 2. The molecule has 0 aromatic heterocycles. The first-order chi connectivity index (χ1) is 18.5. The van der Waals surface area contributed by atoms with Crippen molar-refractivity contribution in [2.75, 3.05) is 38.3 Å². The normalized spacial score (nSPS) is 21.1. The molecule has 2 aromatic carbocycles. The van der Waals surface area contributed by atoms with Crippen LogP contribution in [0.25, 0.3) is 0 Å². The minimum absolute atomic E-state index is 0.0631. The van der Waals surface area contributed by atoms with Crippen molar-refractivity contribution in [2.45, 2.75) is 70.4 Å². The van der Waals surface area contributed by atoms with E-state index in [4.69, 9.17) is 14.2 Å². The number of anilines is 1. The van der Waals surface area contributed by atoms with Crippen LogP contribution in [0.1, 0.15) is 57.4 Å². The number of nitrogens with zero attached hydrogens (tertiary/aromatic N) is 2. The Balaban J connectivity index is 1.39. The molecule has 1 atom stereocenters. The molecule has 5 rings (SSSR count). The van der Waals surface area contributed by atoms with Gasteiger partial charge >= 0.3 is 5.97 Å². The van der Waals surface area contributed by atoms with Crippen LogP contribution in [0.2, 0.25) is 0 Å². The van der Waals surface area contributed by atoms with Gasteiger partial charge in [-0.1, -0.05) is 36.8 Å². The number of carbonyl (C=O) groups is 2. The van der Waals surface area contributed by atoms with Gasteiger partial charge in [-0.15, -0.1) is 0 Å². The molecule has 0 radical (unpaired) electrons. The molecule has 2 aromatic rings. The van der Waals surface area contributed by atoms with Gasteiger partial charge in [0.05, 0.1) is 25.9 Å². The third-order valence-corrected chi connectivity index (χ3v) is 8.45. The molecule has 1 saturated heterocycles. The van der Waals surface area contributed by atoms with Crippen LogP contribution in [-0.4, -0.2) is 62.3 Å². The molecule has 3 fully saturated rings. The van der Waals surface area contributed by atoms with E-state index in [1.807, 2.05) is 29.2 Å². The number of ether oxygens (including phenoxy) is 3. The van der Waals surface area contributed by atoms with Gasteiger partial charge in [0, 0.05) is 31.4 Å². The molecule has 1 aliphatic heterocycles. The summed E-state index contributed by atoms with van der Waals surface area (Å²) in [5.41, 5.74) is 1.22. The number of amides is 1. The van der Waals surface area contributed by atoms with E-state index in [9.17, 15) is 9.59 Å². The lowest BCUT2D eigenvalue weighted by molar-refractivity contribution is -0.173. The number of methoxy groups -OCH3 is 1. The molecule has 1 amide bonds. The molecular formula is C31H40N2O5. The fourth-order valence-electron chi connectivity index (χ4n) is 6.14. The molecule has 7 nitrogen and oxygen atoms in total. The van der Waals surface area contributed by atoms with Gasteiger partial charge < -0.3 is 24.0 Å². The summed E-state index contributed by atoms with van der Waals surface area (Å²) in [4.78, 5) is 31.2. The fourth-order valence-corrected chi connectivity index (χ4v) is 6.14. The molecule has 0 N–H and O–H groups in total. The van der Waals surface area contributed by atoms with Gasteiger partial charge in [0.1, 0.15) is 5.41 Å².